The van der Waals surface area contributed by atoms with Crippen molar-refractivity contribution in [3.05, 3.63) is 35.9 Å². The molecular formula is C9H11NO. The lowest BCUT2D eigenvalue weighted by molar-refractivity contribution is 0.420. The predicted molar refractivity (Wildman–Crippen MR) is 45.6 cm³/mol. The van der Waals surface area contributed by atoms with Crippen molar-refractivity contribution in [2.24, 2.45) is 4.99 Å². The first-order valence-electron chi connectivity index (χ1n) is 3.48. The van der Waals surface area contributed by atoms with Crippen molar-refractivity contribution in [2.75, 3.05) is 7.11 Å². The third kappa shape index (κ3) is 2.85. The van der Waals surface area contributed by atoms with Gasteiger partial charge in [-0.1, -0.05) is 30.3 Å². The topological polar surface area (TPSA) is 21.6 Å². The molecule has 0 aliphatic heterocycles. The van der Waals surface area contributed by atoms with E-state index in [-0.39, 0.29) is 0 Å². The summed E-state index contributed by atoms with van der Waals surface area (Å²) in [5, 5.41) is 0. The van der Waals surface area contributed by atoms with Crippen molar-refractivity contribution < 1.29 is 4.74 Å². The van der Waals surface area contributed by atoms with Crippen LogP contribution in [0.3, 0.4) is 0 Å². The Kier molecular flexibility index (Phi) is 3.19. The van der Waals surface area contributed by atoms with E-state index >= 15 is 0 Å². The molecule has 0 N–H and O–H groups in total. The van der Waals surface area contributed by atoms with Crippen molar-refractivity contribution >= 4 is 6.40 Å². The molecule has 2 nitrogen and oxygen atoms in total. The minimum atomic E-state index is 0.689. The van der Waals surface area contributed by atoms with Gasteiger partial charge in [0.15, 0.2) is 6.40 Å². The minimum Gasteiger partial charge on any atom is -0.487 e. The summed E-state index contributed by atoms with van der Waals surface area (Å²) >= 11 is 0. The lowest BCUT2D eigenvalue weighted by Crippen LogP contribution is -1.82. The van der Waals surface area contributed by atoms with Crippen LogP contribution in [0.15, 0.2) is 35.3 Å². The van der Waals surface area contributed by atoms with Gasteiger partial charge in [-0.3, -0.25) is 4.99 Å². The Bertz CT molecular complexity index is 218. The number of nitrogens with zero attached hydrogens (tertiary/aromatic N) is 1. The van der Waals surface area contributed by atoms with E-state index in [1.54, 1.807) is 7.11 Å². The molecule has 0 fully saturated rings. The Morgan fingerprint density at radius 1 is 1.36 bits per heavy atom. The highest BCUT2D eigenvalue weighted by atomic mass is 16.5. The van der Waals surface area contributed by atoms with Crippen LogP contribution in [0.25, 0.3) is 0 Å². The highest BCUT2D eigenvalue weighted by Crippen LogP contribution is 1.98. The molecule has 0 atom stereocenters. The van der Waals surface area contributed by atoms with Gasteiger partial charge in [-0.05, 0) is 5.56 Å². The molecule has 0 saturated heterocycles. The fourth-order valence-electron chi connectivity index (χ4n) is 0.801. The van der Waals surface area contributed by atoms with E-state index in [1.807, 2.05) is 30.3 Å². The number of hydrogen-bond acceptors (Lipinski definition) is 2. The summed E-state index contributed by atoms with van der Waals surface area (Å²) in [6.07, 6.45) is 1.45. The quantitative estimate of drug-likeness (QED) is 0.475. The van der Waals surface area contributed by atoms with Gasteiger partial charge in [0, 0.05) is 0 Å². The van der Waals surface area contributed by atoms with E-state index in [2.05, 4.69) is 9.73 Å². The molecule has 0 aromatic heterocycles. The molecule has 58 valence electrons. The second kappa shape index (κ2) is 4.50. The summed E-state index contributed by atoms with van der Waals surface area (Å²) < 4.78 is 4.67. The van der Waals surface area contributed by atoms with Crippen LogP contribution in [0.2, 0.25) is 0 Å². The molecule has 0 aliphatic carbocycles. The van der Waals surface area contributed by atoms with Crippen molar-refractivity contribution in [2.45, 2.75) is 6.54 Å². The largest absolute Gasteiger partial charge is 0.487 e. The van der Waals surface area contributed by atoms with E-state index in [1.165, 1.54) is 12.0 Å². The van der Waals surface area contributed by atoms with Gasteiger partial charge >= 0.3 is 0 Å². The van der Waals surface area contributed by atoms with E-state index in [0.29, 0.717) is 6.54 Å². The first kappa shape index (κ1) is 7.79. The van der Waals surface area contributed by atoms with Gasteiger partial charge < -0.3 is 4.74 Å². The Morgan fingerprint density at radius 3 is 2.73 bits per heavy atom. The molecule has 1 aromatic rings. The summed E-state index contributed by atoms with van der Waals surface area (Å²) in [5.41, 5.74) is 1.20. The molecule has 2 heteroatoms. The van der Waals surface area contributed by atoms with E-state index in [0.717, 1.165) is 0 Å². The molecule has 1 rings (SSSR count). The second-order valence-corrected chi connectivity index (χ2v) is 2.17. The first-order chi connectivity index (χ1) is 5.43. The molecule has 0 saturated carbocycles. The van der Waals surface area contributed by atoms with Crippen LogP contribution in [-0.4, -0.2) is 13.5 Å². The molecule has 0 aliphatic rings. The van der Waals surface area contributed by atoms with Crippen molar-refractivity contribution in [1.29, 1.82) is 0 Å². The van der Waals surface area contributed by atoms with Gasteiger partial charge in [0.05, 0.1) is 13.7 Å². The summed E-state index contributed by atoms with van der Waals surface area (Å²) in [4.78, 5) is 4.01. The zero-order valence-corrected chi connectivity index (χ0v) is 6.53. The number of benzene rings is 1. The highest BCUT2D eigenvalue weighted by Gasteiger charge is 1.84. The zero-order chi connectivity index (χ0) is 7.94. The second-order valence-electron chi connectivity index (χ2n) is 2.17. The average Bonchev–Trinajstić information content (AvgIpc) is 2.07. The summed E-state index contributed by atoms with van der Waals surface area (Å²) in [6.45, 7) is 0.689. The van der Waals surface area contributed by atoms with Crippen LogP contribution >= 0.6 is 0 Å². The molecule has 0 bridgehead atoms. The Labute approximate surface area is 66.5 Å². The lowest BCUT2D eigenvalue weighted by atomic mass is 10.2. The van der Waals surface area contributed by atoms with Crippen LogP contribution in [0.4, 0.5) is 0 Å². The van der Waals surface area contributed by atoms with Crippen molar-refractivity contribution in [3.63, 3.8) is 0 Å². The van der Waals surface area contributed by atoms with E-state index in [9.17, 15) is 0 Å². The molecule has 0 radical (unpaired) electrons. The maximum Gasteiger partial charge on any atom is 0.169 e. The van der Waals surface area contributed by atoms with Crippen molar-refractivity contribution in [3.8, 4) is 0 Å². The molecule has 0 heterocycles. The molecule has 11 heavy (non-hydrogen) atoms. The Balaban J connectivity index is 2.45. The molecule has 0 amide bonds. The van der Waals surface area contributed by atoms with E-state index in [4.69, 9.17) is 0 Å². The van der Waals surface area contributed by atoms with Gasteiger partial charge in [0.2, 0.25) is 0 Å². The maximum atomic E-state index is 4.67. The minimum absolute atomic E-state index is 0.689. The third-order valence-electron chi connectivity index (χ3n) is 1.30. The number of hydrogen-bond donors (Lipinski definition) is 0. The number of methoxy groups -OCH3 is 1. The number of rotatable bonds is 3. The van der Waals surface area contributed by atoms with Gasteiger partial charge in [-0.2, -0.15) is 0 Å². The predicted octanol–water partition coefficient (Wildman–Crippen LogP) is 1.86. The van der Waals surface area contributed by atoms with Crippen LogP contribution in [0, 0.1) is 0 Å². The molecular weight excluding hydrogens is 138 g/mol. The van der Waals surface area contributed by atoms with Crippen LogP contribution in [-0.2, 0) is 11.3 Å². The smallest absolute Gasteiger partial charge is 0.169 e. The maximum absolute atomic E-state index is 4.67. The molecule has 0 spiro atoms. The average molecular weight is 149 g/mol. The first-order valence-corrected chi connectivity index (χ1v) is 3.48. The van der Waals surface area contributed by atoms with Gasteiger partial charge in [0.25, 0.3) is 0 Å². The zero-order valence-electron chi connectivity index (χ0n) is 6.53. The normalized spacial score (nSPS) is 10.3. The van der Waals surface area contributed by atoms with Gasteiger partial charge in [-0.25, -0.2) is 0 Å². The Morgan fingerprint density at radius 2 is 2.09 bits per heavy atom. The summed E-state index contributed by atoms with van der Waals surface area (Å²) in [5.74, 6) is 0. The summed E-state index contributed by atoms with van der Waals surface area (Å²) in [7, 11) is 1.59. The van der Waals surface area contributed by atoms with Gasteiger partial charge in [0.1, 0.15) is 0 Å². The molecule has 0 unspecified atom stereocenters. The monoisotopic (exact) mass is 149 g/mol. The fraction of sp³-hybridized carbons (Fsp3) is 0.222. The van der Waals surface area contributed by atoms with Crippen LogP contribution in [0.5, 0.6) is 0 Å². The Hall–Kier alpha value is -1.31. The summed E-state index contributed by atoms with van der Waals surface area (Å²) in [6, 6.07) is 10.1. The standard InChI is InChI=1S/C9H11NO/c1-11-8-10-7-9-5-3-2-4-6-9/h2-6,8H,7H2,1H3. The van der Waals surface area contributed by atoms with E-state index < -0.39 is 0 Å². The SMILES string of the molecule is COC=NCc1ccccc1. The van der Waals surface area contributed by atoms with Crippen LogP contribution < -0.4 is 0 Å². The highest BCUT2D eigenvalue weighted by molar-refractivity contribution is 5.46. The van der Waals surface area contributed by atoms with Gasteiger partial charge in [-0.15, -0.1) is 0 Å². The molecule has 1 aromatic carbocycles. The van der Waals surface area contributed by atoms with Crippen LogP contribution in [0.1, 0.15) is 5.56 Å². The van der Waals surface area contributed by atoms with Crippen molar-refractivity contribution in [1.82, 2.24) is 0 Å². The number of aliphatic imine (C=N–C) groups is 1. The number of ether oxygens (including phenoxy) is 1. The fourth-order valence-corrected chi connectivity index (χ4v) is 0.801. The third-order valence-corrected chi connectivity index (χ3v) is 1.30. The lowest BCUT2D eigenvalue weighted by Gasteiger charge is -1.93.